The van der Waals surface area contributed by atoms with Crippen molar-refractivity contribution in [3.63, 3.8) is 0 Å². The molecule has 0 fully saturated rings. The van der Waals surface area contributed by atoms with Gasteiger partial charge >= 0.3 is 6.18 Å². The molecule has 0 N–H and O–H groups in total. The summed E-state index contributed by atoms with van der Waals surface area (Å²) in [6, 6.07) is 12.2. The van der Waals surface area contributed by atoms with Crippen molar-refractivity contribution in [2.75, 3.05) is 0 Å². The third-order valence-electron chi connectivity index (χ3n) is 3.57. The molecule has 0 spiro atoms. The lowest BCUT2D eigenvalue weighted by molar-refractivity contribution is -0.137. The number of halogens is 3. The van der Waals surface area contributed by atoms with Crippen LogP contribution in [0.3, 0.4) is 0 Å². The van der Waals surface area contributed by atoms with E-state index in [1.807, 2.05) is 0 Å². The zero-order valence-electron chi connectivity index (χ0n) is 11.0. The van der Waals surface area contributed by atoms with Gasteiger partial charge in [-0.25, -0.2) is 0 Å². The van der Waals surface area contributed by atoms with E-state index < -0.39 is 17.3 Å². The summed E-state index contributed by atoms with van der Waals surface area (Å²) in [5, 5.41) is 9.35. The van der Waals surface area contributed by atoms with Crippen LogP contribution in [-0.2, 0) is 11.8 Å². The van der Waals surface area contributed by atoms with Crippen molar-refractivity contribution in [1.29, 1.82) is 5.26 Å². The number of benzene rings is 2. The van der Waals surface area contributed by atoms with Crippen LogP contribution >= 0.6 is 0 Å². The van der Waals surface area contributed by atoms with E-state index >= 15 is 0 Å². The minimum absolute atomic E-state index is 0.283. The van der Waals surface area contributed by atoms with Crippen LogP contribution in [0.5, 0.6) is 5.75 Å². The molecular weight excluding hydrogens is 279 g/mol. The second-order valence-corrected chi connectivity index (χ2v) is 5.00. The Morgan fingerprint density at radius 1 is 1.10 bits per heavy atom. The highest BCUT2D eigenvalue weighted by atomic mass is 19.4. The number of alkyl halides is 3. The molecule has 1 unspecified atom stereocenters. The Bertz CT molecular complexity index is 761. The van der Waals surface area contributed by atoms with E-state index in [2.05, 4.69) is 6.07 Å². The van der Waals surface area contributed by atoms with E-state index in [0.29, 0.717) is 16.7 Å². The van der Waals surface area contributed by atoms with Crippen molar-refractivity contribution in [2.24, 2.45) is 0 Å². The number of hydrogen-bond acceptors (Lipinski definition) is 2. The Kier molecular flexibility index (Phi) is 2.74. The highest BCUT2D eigenvalue weighted by Gasteiger charge is 2.38. The average molecular weight is 289 g/mol. The fourth-order valence-corrected chi connectivity index (χ4v) is 2.50. The molecule has 2 nitrogen and oxygen atoms in total. The predicted octanol–water partition coefficient (Wildman–Crippen LogP) is 4.50. The maximum Gasteiger partial charge on any atom is 0.416 e. The molecule has 0 radical (unpaired) electrons. The summed E-state index contributed by atoms with van der Waals surface area (Å²) in [7, 11) is 0. The van der Waals surface area contributed by atoms with Gasteiger partial charge in [-0.1, -0.05) is 24.3 Å². The van der Waals surface area contributed by atoms with E-state index in [1.54, 1.807) is 31.2 Å². The fraction of sp³-hybridized carbons (Fsp3) is 0.188. The van der Waals surface area contributed by atoms with Gasteiger partial charge in [0.2, 0.25) is 5.60 Å². The topological polar surface area (TPSA) is 33.0 Å². The molecule has 106 valence electrons. The van der Waals surface area contributed by atoms with Gasteiger partial charge in [-0.05, 0) is 30.7 Å². The molecule has 21 heavy (non-hydrogen) atoms. The van der Waals surface area contributed by atoms with Gasteiger partial charge in [0.1, 0.15) is 11.8 Å². The summed E-state index contributed by atoms with van der Waals surface area (Å²) < 4.78 is 44.2. The number of fused-ring (bicyclic) bond motifs is 3. The first-order chi connectivity index (χ1) is 9.85. The van der Waals surface area contributed by atoms with Gasteiger partial charge in [0.05, 0.1) is 5.56 Å². The molecule has 3 rings (SSSR count). The zero-order valence-corrected chi connectivity index (χ0v) is 11.0. The van der Waals surface area contributed by atoms with Gasteiger partial charge in [0.25, 0.3) is 0 Å². The van der Waals surface area contributed by atoms with Gasteiger partial charge in [-0.15, -0.1) is 0 Å². The summed E-state index contributed by atoms with van der Waals surface area (Å²) in [6.07, 6.45) is -4.42. The van der Waals surface area contributed by atoms with Crippen molar-refractivity contribution in [2.45, 2.75) is 18.7 Å². The van der Waals surface area contributed by atoms with Crippen molar-refractivity contribution in [3.8, 4) is 22.9 Å². The van der Waals surface area contributed by atoms with Crippen molar-refractivity contribution >= 4 is 0 Å². The van der Waals surface area contributed by atoms with Gasteiger partial charge in [0, 0.05) is 11.1 Å². The van der Waals surface area contributed by atoms with Crippen molar-refractivity contribution in [3.05, 3.63) is 53.6 Å². The van der Waals surface area contributed by atoms with Crippen LogP contribution in [0.15, 0.2) is 42.5 Å². The first kappa shape index (κ1) is 13.5. The molecule has 0 bridgehead atoms. The lowest BCUT2D eigenvalue weighted by atomic mass is 9.85. The van der Waals surface area contributed by atoms with E-state index in [-0.39, 0.29) is 5.75 Å². The molecule has 2 aromatic carbocycles. The normalized spacial score (nSPS) is 20.0. The van der Waals surface area contributed by atoms with Crippen LogP contribution < -0.4 is 4.74 Å². The standard InChI is InChI=1S/C16H10F3NO/c1-15(9-20)13-5-3-2-4-11(13)12-8-10(16(17,18)19)6-7-14(12)21-15/h2-8H,1H3. The molecule has 1 heterocycles. The third-order valence-corrected chi connectivity index (χ3v) is 3.57. The first-order valence-electron chi connectivity index (χ1n) is 6.26. The molecule has 1 atom stereocenters. The average Bonchev–Trinajstić information content (AvgIpc) is 2.46. The molecular formula is C16H10F3NO. The summed E-state index contributed by atoms with van der Waals surface area (Å²) in [5.41, 5.74) is -0.426. The number of nitrogens with zero attached hydrogens (tertiary/aromatic N) is 1. The molecule has 1 aliphatic heterocycles. The minimum atomic E-state index is -4.42. The summed E-state index contributed by atoms with van der Waals surface area (Å²) in [4.78, 5) is 0. The van der Waals surface area contributed by atoms with Gasteiger partial charge in [-0.2, -0.15) is 18.4 Å². The second kappa shape index (κ2) is 4.26. The number of ether oxygens (including phenoxy) is 1. The minimum Gasteiger partial charge on any atom is -0.468 e. The monoisotopic (exact) mass is 289 g/mol. The smallest absolute Gasteiger partial charge is 0.416 e. The summed E-state index contributed by atoms with van der Waals surface area (Å²) in [6.45, 7) is 1.60. The van der Waals surface area contributed by atoms with Crippen LogP contribution in [0, 0.1) is 11.3 Å². The molecule has 2 aromatic rings. The van der Waals surface area contributed by atoms with Crippen molar-refractivity contribution < 1.29 is 17.9 Å². The highest BCUT2D eigenvalue weighted by Crippen LogP contribution is 2.46. The molecule has 5 heteroatoms. The quantitative estimate of drug-likeness (QED) is 0.715. The van der Waals surface area contributed by atoms with Crippen LogP contribution in [0.2, 0.25) is 0 Å². The number of hydrogen-bond donors (Lipinski definition) is 0. The molecule has 0 aliphatic carbocycles. The lowest BCUT2D eigenvalue weighted by Gasteiger charge is -2.32. The number of rotatable bonds is 0. The summed E-state index contributed by atoms with van der Waals surface area (Å²) in [5.74, 6) is 0.283. The molecule has 0 saturated heterocycles. The van der Waals surface area contributed by atoms with Crippen LogP contribution in [-0.4, -0.2) is 0 Å². The zero-order chi connectivity index (χ0) is 15.3. The Morgan fingerprint density at radius 3 is 2.48 bits per heavy atom. The molecule has 0 amide bonds. The van der Waals surface area contributed by atoms with Gasteiger partial charge in [0.15, 0.2) is 0 Å². The predicted molar refractivity (Wildman–Crippen MR) is 70.5 cm³/mol. The van der Waals surface area contributed by atoms with E-state index in [0.717, 1.165) is 12.1 Å². The van der Waals surface area contributed by atoms with Gasteiger partial charge < -0.3 is 4.74 Å². The maximum atomic E-state index is 12.9. The highest BCUT2D eigenvalue weighted by molar-refractivity contribution is 5.77. The Hall–Kier alpha value is -2.48. The molecule has 0 saturated carbocycles. The molecule has 0 aromatic heterocycles. The van der Waals surface area contributed by atoms with E-state index in [1.165, 1.54) is 6.07 Å². The summed E-state index contributed by atoms with van der Waals surface area (Å²) >= 11 is 0. The second-order valence-electron chi connectivity index (χ2n) is 5.00. The van der Waals surface area contributed by atoms with Gasteiger partial charge in [-0.3, -0.25) is 0 Å². The van der Waals surface area contributed by atoms with E-state index in [4.69, 9.17) is 4.74 Å². The van der Waals surface area contributed by atoms with E-state index in [9.17, 15) is 18.4 Å². The Labute approximate surface area is 119 Å². The van der Waals surface area contributed by atoms with Crippen LogP contribution in [0.4, 0.5) is 13.2 Å². The van der Waals surface area contributed by atoms with Crippen LogP contribution in [0.25, 0.3) is 11.1 Å². The van der Waals surface area contributed by atoms with Crippen molar-refractivity contribution in [1.82, 2.24) is 0 Å². The third kappa shape index (κ3) is 2.04. The maximum absolute atomic E-state index is 12.9. The Morgan fingerprint density at radius 2 is 1.81 bits per heavy atom. The van der Waals surface area contributed by atoms with Crippen LogP contribution in [0.1, 0.15) is 18.1 Å². The first-order valence-corrected chi connectivity index (χ1v) is 6.26. The lowest BCUT2D eigenvalue weighted by Crippen LogP contribution is -2.31. The Balaban J connectivity index is 2.27. The SMILES string of the molecule is CC1(C#N)Oc2ccc(C(F)(F)F)cc2-c2ccccc21. The molecule has 1 aliphatic rings. The largest absolute Gasteiger partial charge is 0.468 e. The fourth-order valence-electron chi connectivity index (χ4n) is 2.50. The number of nitriles is 1.